The molecule has 4 rings (SSSR count). The quantitative estimate of drug-likeness (QED) is 0.258. The van der Waals surface area contributed by atoms with Crippen LogP contribution in [0, 0.1) is 6.92 Å². The summed E-state index contributed by atoms with van der Waals surface area (Å²) in [6.07, 6.45) is -1.41. The number of benzene rings is 3. The number of nitrogens with two attached hydrogens (primary N) is 1. The van der Waals surface area contributed by atoms with Crippen LogP contribution in [0.15, 0.2) is 72.8 Å². The van der Waals surface area contributed by atoms with Crippen molar-refractivity contribution in [1.82, 2.24) is 15.5 Å². The maximum absolute atomic E-state index is 13.5. The van der Waals surface area contributed by atoms with Crippen molar-refractivity contribution >= 4 is 35.2 Å². The topological polar surface area (TPSA) is 145 Å². The summed E-state index contributed by atoms with van der Waals surface area (Å²) in [6.45, 7) is 1.90. The summed E-state index contributed by atoms with van der Waals surface area (Å²) < 4.78 is 0. The van der Waals surface area contributed by atoms with Gasteiger partial charge in [-0.25, -0.2) is 0 Å². The number of anilines is 1. The Kier molecular flexibility index (Phi) is 9.11. The highest BCUT2D eigenvalue weighted by Crippen LogP contribution is 2.24. The highest BCUT2D eigenvalue weighted by molar-refractivity contribution is 7.99. The van der Waals surface area contributed by atoms with Gasteiger partial charge in [0.1, 0.15) is 11.8 Å². The molecular weight excluding hydrogens is 516 g/mol. The van der Waals surface area contributed by atoms with E-state index in [0.717, 1.165) is 11.1 Å². The third kappa shape index (κ3) is 6.90. The fraction of sp³-hybridized carbons (Fsp3) is 0.276. The summed E-state index contributed by atoms with van der Waals surface area (Å²) in [6, 6.07) is 19.2. The SMILES string of the molecule is Cc1c(O)cccc1C(=O)N[C@@H](Cc1ccccc1)[C@H](O)C(=O)N1CSC[C@H]1C(=O)NCc1ccc(N)cc1. The average molecular weight is 549 g/mol. The molecule has 3 atom stereocenters. The van der Waals surface area contributed by atoms with Gasteiger partial charge in [-0.3, -0.25) is 14.4 Å². The largest absolute Gasteiger partial charge is 0.508 e. The molecule has 0 bridgehead atoms. The zero-order valence-corrected chi connectivity index (χ0v) is 22.4. The summed E-state index contributed by atoms with van der Waals surface area (Å²) in [5, 5.41) is 26.9. The van der Waals surface area contributed by atoms with Gasteiger partial charge in [0.05, 0.1) is 11.9 Å². The first-order valence-electron chi connectivity index (χ1n) is 12.6. The van der Waals surface area contributed by atoms with E-state index in [9.17, 15) is 24.6 Å². The molecule has 9 nitrogen and oxygen atoms in total. The number of carbonyl (C=O) groups is 3. The Morgan fingerprint density at radius 1 is 1.03 bits per heavy atom. The van der Waals surface area contributed by atoms with E-state index in [1.54, 1.807) is 31.2 Å². The lowest BCUT2D eigenvalue weighted by Gasteiger charge is -2.30. The van der Waals surface area contributed by atoms with Gasteiger partial charge in [-0.2, -0.15) is 0 Å². The van der Waals surface area contributed by atoms with Crippen LogP contribution in [0.3, 0.4) is 0 Å². The number of phenols is 1. The first kappa shape index (κ1) is 28.0. The van der Waals surface area contributed by atoms with E-state index >= 15 is 0 Å². The molecule has 3 aromatic carbocycles. The summed E-state index contributed by atoms with van der Waals surface area (Å²) in [4.78, 5) is 41.0. The molecule has 10 heteroatoms. The van der Waals surface area contributed by atoms with Crippen LogP contribution in [0.25, 0.3) is 0 Å². The number of thioether (sulfide) groups is 1. The van der Waals surface area contributed by atoms with Crippen molar-refractivity contribution in [2.75, 3.05) is 17.4 Å². The molecule has 0 spiro atoms. The van der Waals surface area contributed by atoms with Gasteiger partial charge in [-0.05, 0) is 48.7 Å². The molecule has 0 unspecified atom stereocenters. The zero-order valence-electron chi connectivity index (χ0n) is 21.5. The van der Waals surface area contributed by atoms with Crippen LogP contribution in [0.4, 0.5) is 5.69 Å². The molecule has 6 N–H and O–H groups in total. The molecule has 204 valence electrons. The number of hydrogen-bond acceptors (Lipinski definition) is 7. The van der Waals surface area contributed by atoms with Gasteiger partial charge in [0.2, 0.25) is 5.91 Å². The summed E-state index contributed by atoms with van der Waals surface area (Å²) in [5.74, 6) is -0.874. The summed E-state index contributed by atoms with van der Waals surface area (Å²) in [5.41, 5.74) is 8.66. The minimum Gasteiger partial charge on any atom is -0.508 e. The monoisotopic (exact) mass is 548 g/mol. The Bertz CT molecular complexity index is 1320. The smallest absolute Gasteiger partial charge is 0.254 e. The third-order valence-electron chi connectivity index (χ3n) is 6.71. The van der Waals surface area contributed by atoms with E-state index in [2.05, 4.69) is 10.6 Å². The molecule has 1 fully saturated rings. The Labute approximate surface area is 231 Å². The third-order valence-corrected chi connectivity index (χ3v) is 7.73. The number of nitrogens with zero attached hydrogens (tertiary/aromatic N) is 1. The normalized spacial score (nSPS) is 16.4. The van der Waals surface area contributed by atoms with Crippen molar-refractivity contribution < 1.29 is 24.6 Å². The van der Waals surface area contributed by atoms with Crippen molar-refractivity contribution in [2.45, 2.75) is 38.1 Å². The number of aliphatic hydroxyl groups is 1. The Morgan fingerprint density at radius 2 is 1.74 bits per heavy atom. The molecule has 1 aliphatic heterocycles. The molecule has 0 radical (unpaired) electrons. The Hall–Kier alpha value is -4.02. The van der Waals surface area contributed by atoms with E-state index in [1.165, 1.54) is 22.7 Å². The minimum absolute atomic E-state index is 0.0270. The maximum atomic E-state index is 13.5. The second-order valence-corrected chi connectivity index (χ2v) is 10.4. The van der Waals surface area contributed by atoms with Crippen LogP contribution in [-0.4, -0.2) is 62.7 Å². The second-order valence-electron chi connectivity index (χ2n) is 9.45. The Morgan fingerprint density at radius 3 is 2.46 bits per heavy atom. The average Bonchev–Trinajstić information content (AvgIpc) is 3.43. The van der Waals surface area contributed by atoms with Crippen molar-refractivity contribution in [3.8, 4) is 5.75 Å². The van der Waals surface area contributed by atoms with Gasteiger partial charge >= 0.3 is 0 Å². The molecule has 1 heterocycles. The van der Waals surface area contributed by atoms with Gasteiger partial charge in [-0.1, -0.05) is 48.5 Å². The van der Waals surface area contributed by atoms with E-state index in [0.29, 0.717) is 17.0 Å². The minimum atomic E-state index is -1.60. The molecule has 1 aliphatic rings. The van der Waals surface area contributed by atoms with Crippen molar-refractivity contribution in [1.29, 1.82) is 0 Å². The van der Waals surface area contributed by atoms with Crippen molar-refractivity contribution in [3.63, 3.8) is 0 Å². The van der Waals surface area contributed by atoms with Crippen LogP contribution >= 0.6 is 11.8 Å². The molecule has 0 aliphatic carbocycles. The zero-order chi connectivity index (χ0) is 27.9. The van der Waals surface area contributed by atoms with Crippen LogP contribution in [-0.2, 0) is 22.6 Å². The molecule has 0 saturated carbocycles. The van der Waals surface area contributed by atoms with Crippen LogP contribution in [0.1, 0.15) is 27.0 Å². The first-order chi connectivity index (χ1) is 18.7. The van der Waals surface area contributed by atoms with Crippen LogP contribution in [0.5, 0.6) is 5.75 Å². The van der Waals surface area contributed by atoms with Gasteiger partial charge in [0, 0.05) is 29.1 Å². The van der Waals surface area contributed by atoms with E-state index in [-0.39, 0.29) is 36.1 Å². The number of phenolic OH excluding ortho intramolecular Hbond substituents is 1. The first-order valence-corrected chi connectivity index (χ1v) is 13.7. The fourth-order valence-corrected chi connectivity index (χ4v) is 5.55. The molecule has 0 aromatic heterocycles. The van der Waals surface area contributed by atoms with E-state index < -0.39 is 30.0 Å². The molecule has 3 amide bonds. The summed E-state index contributed by atoms with van der Waals surface area (Å²) in [7, 11) is 0. The van der Waals surface area contributed by atoms with Gasteiger partial charge in [-0.15, -0.1) is 11.8 Å². The van der Waals surface area contributed by atoms with E-state index in [4.69, 9.17) is 5.73 Å². The number of rotatable bonds is 9. The lowest BCUT2D eigenvalue weighted by atomic mass is 9.98. The number of hydrogen-bond donors (Lipinski definition) is 5. The highest BCUT2D eigenvalue weighted by Gasteiger charge is 2.40. The highest BCUT2D eigenvalue weighted by atomic mass is 32.2. The van der Waals surface area contributed by atoms with Crippen molar-refractivity contribution in [2.24, 2.45) is 0 Å². The van der Waals surface area contributed by atoms with Crippen LogP contribution in [0.2, 0.25) is 0 Å². The van der Waals surface area contributed by atoms with Gasteiger partial charge in [0.15, 0.2) is 6.10 Å². The number of nitrogens with one attached hydrogen (secondary N) is 2. The number of amides is 3. The number of aliphatic hydroxyl groups excluding tert-OH is 1. The fourth-order valence-electron chi connectivity index (χ4n) is 4.39. The molecular formula is C29H32N4O5S. The maximum Gasteiger partial charge on any atom is 0.254 e. The van der Waals surface area contributed by atoms with E-state index in [1.807, 2.05) is 42.5 Å². The summed E-state index contributed by atoms with van der Waals surface area (Å²) >= 11 is 1.42. The molecule has 39 heavy (non-hydrogen) atoms. The predicted molar refractivity (Wildman–Crippen MR) is 151 cm³/mol. The molecule has 1 saturated heterocycles. The standard InChI is InChI=1S/C29H32N4O5S/c1-18-22(8-5-9-25(18)34)27(36)32-23(14-19-6-3-2-4-7-19)26(35)29(38)33-17-39-16-24(33)28(37)31-15-20-10-12-21(30)13-11-20/h2-13,23-24,26,34-35H,14-17,30H2,1H3,(H,31,37)(H,32,36)/t23-,24-,26-/m0/s1. The lowest BCUT2D eigenvalue weighted by molar-refractivity contribution is -0.146. The van der Waals surface area contributed by atoms with Gasteiger partial charge < -0.3 is 31.5 Å². The lowest BCUT2D eigenvalue weighted by Crippen LogP contribution is -2.56. The molecule has 3 aromatic rings. The Balaban J connectivity index is 1.49. The van der Waals surface area contributed by atoms with Gasteiger partial charge in [0.25, 0.3) is 11.8 Å². The van der Waals surface area contributed by atoms with Crippen LogP contribution < -0.4 is 16.4 Å². The van der Waals surface area contributed by atoms with Crippen molar-refractivity contribution in [3.05, 3.63) is 95.1 Å². The predicted octanol–water partition coefficient (Wildman–Crippen LogP) is 2.20. The number of nitrogen functional groups attached to an aromatic ring is 1. The second kappa shape index (κ2) is 12.7. The number of carbonyl (C=O) groups excluding carboxylic acids is 3. The number of aromatic hydroxyl groups is 1.